The van der Waals surface area contributed by atoms with Gasteiger partial charge in [-0.1, -0.05) is 6.07 Å². The van der Waals surface area contributed by atoms with E-state index >= 15 is 0 Å². The van der Waals surface area contributed by atoms with Crippen molar-refractivity contribution in [3.05, 3.63) is 40.7 Å². The minimum Gasteiger partial charge on any atom is -0.497 e. The van der Waals surface area contributed by atoms with Crippen molar-refractivity contribution in [2.75, 3.05) is 12.4 Å². The molecule has 0 aliphatic carbocycles. The van der Waals surface area contributed by atoms with Gasteiger partial charge in [0.2, 0.25) is 0 Å². The van der Waals surface area contributed by atoms with Gasteiger partial charge < -0.3 is 10.1 Å². The molecule has 0 bridgehead atoms. The van der Waals surface area contributed by atoms with Gasteiger partial charge in [-0.15, -0.1) is 11.3 Å². The summed E-state index contributed by atoms with van der Waals surface area (Å²) in [7, 11) is 1.57. The van der Waals surface area contributed by atoms with E-state index in [0.29, 0.717) is 18.1 Å². The lowest BCUT2D eigenvalue weighted by Gasteiger charge is -2.07. The Hall–Kier alpha value is -2.08. The molecule has 2 rings (SSSR count). The van der Waals surface area contributed by atoms with Crippen LogP contribution in [0.15, 0.2) is 35.8 Å². The first-order valence-corrected chi connectivity index (χ1v) is 6.23. The fourth-order valence-corrected chi connectivity index (χ4v) is 1.99. The van der Waals surface area contributed by atoms with Gasteiger partial charge in [0.1, 0.15) is 11.6 Å². The Morgan fingerprint density at radius 1 is 1.50 bits per heavy atom. The van der Waals surface area contributed by atoms with Crippen LogP contribution in [0, 0.1) is 0 Å². The smallest absolute Gasteiger partial charge is 0.320 e. The lowest BCUT2D eigenvalue weighted by molar-refractivity contribution is 0.251. The Morgan fingerprint density at radius 3 is 3.11 bits per heavy atom. The molecule has 0 atom stereocenters. The molecule has 94 valence electrons. The number of nitrogens with one attached hydrogen (secondary N) is 2. The predicted molar refractivity (Wildman–Crippen MR) is 71.0 cm³/mol. The molecule has 2 amide bonds. The lowest BCUT2D eigenvalue weighted by atomic mass is 10.4. The number of pyridine rings is 1. The van der Waals surface area contributed by atoms with E-state index in [1.54, 1.807) is 36.8 Å². The van der Waals surface area contributed by atoms with E-state index in [9.17, 15) is 4.79 Å². The number of hydrogen-bond donors (Lipinski definition) is 2. The highest BCUT2D eigenvalue weighted by Gasteiger charge is 2.03. The zero-order valence-electron chi connectivity index (χ0n) is 9.84. The Bertz CT molecular complexity index is 514. The second kappa shape index (κ2) is 6.02. The first-order valence-electron chi connectivity index (χ1n) is 5.35. The normalized spacial score (nSPS) is 9.83. The van der Waals surface area contributed by atoms with E-state index in [4.69, 9.17) is 4.74 Å². The maximum absolute atomic E-state index is 11.6. The van der Waals surface area contributed by atoms with Crippen LogP contribution in [0.5, 0.6) is 5.75 Å². The average Bonchev–Trinajstić information content (AvgIpc) is 2.90. The summed E-state index contributed by atoms with van der Waals surface area (Å²) in [5.74, 6) is 1.11. The number of amides is 2. The van der Waals surface area contributed by atoms with E-state index in [-0.39, 0.29) is 6.03 Å². The Kier molecular flexibility index (Phi) is 4.14. The van der Waals surface area contributed by atoms with Crippen molar-refractivity contribution in [3.63, 3.8) is 0 Å². The van der Waals surface area contributed by atoms with E-state index in [0.717, 1.165) is 4.88 Å². The van der Waals surface area contributed by atoms with Gasteiger partial charge in [0.25, 0.3) is 0 Å². The molecule has 0 saturated heterocycles. The summed E-state index contributed by atoms with van der Waals surface area (Å²) in [5.41, 5.74) is 0. The summed E-state index contributed by atoms with van der Waals surface area (Å²) < 4.78 is 5.05. The van der Waals surface area contributed by atoms with Crippen molar-refractivity contribution >= 4 is 23.2 Å². The van der Waals surface area contributed by atoms with Crippen LogP contribution < -0.4 is 15.4 Å². The van der Waals surface area contributed by atoms with Crippen molar-refractivity contribution in [1.29, 1.82) is 0 Å². The third-order valence-corrected chi connectivity index (χ3v) is 3.09. The number of thiophene rings is 1. The number of urea groups is 1. The number of carbonyl (C=O) groups is 1. The zero-order chi connectivity index (χ0) is 12.8. The van der Waals surface area contributed by atoms with Gasteiger partial charge >= 0.3 is 6.03 Å². The maximum Gasteiger partial charge on any atom is 0.320 e. The van der Waals surface area contributed by atoms with E-state index in [1.807, 2.05) is 17.5 Å². The molecule has 0 unspecified atom stereocenters. The molecule has 0 aliphatic heterocycles. The molecular formula is C12H13N3O2S. The highest BCUT2D eigenvalue weighted by molar-refractivity contribution is 7.09. The van der Waals surface area contributed by atoms with Crippen molar-refractivity contribution in [2.24, 2.45) is 0 Å². The molecule has 0 saturated carbocycles. The van der Waals surface area contributed by atoms with Crippen LogP contribution in [-0.2, 0) is 6.54 Å². The standard InChI is InChI=1S/C12H13N3O2S/c1-17-9-4-5-13-11(7-9)15-12(16)14-8-10-3-2-6-18-10/h2-7H,8H2,1H3,(H2,13,14,15,16). The van der Waals surface area contributed by atoms with Gasteiger partial charge in [-0.2, -0.15) is 0 Å². The van der Waals surface area contributed by atoms with Crippen LogP contribution >= 0.6 is 11.3 Å². The maximum atomic E-state index is 11.6. The number of hydrogen-bond acceptors (Lipinski definition) is 4. The largest absolute Gasteiger partial charge is 0.497 e. The van der Waals surface area contributed by atoms with Gasteiger partial charge in [-0.3, -0.25) is 5.32 Å². The van der Waals surface area contributed by atoms with Crippen LogP contribution in [0.1, 0.15) is 4.88 Å². The minimum atomic E-state index is -0.288. The molecule has 0 aromatic carbocycles. The molecule has 0 fully saturated rings. The molecule has 18 heavy (non-hydrogen) atoms. The summed E-state index contributed by atoms with van der Waals surface area (Å²) in [6, 6.07) is 7.00. The molecule has 0 spiro atoms. The van der Waals surface area contributed by atoms with Crippen LogP contribution in [0.25, 0.3) is 0 Å². The molecular weight excluding hydrogens is 250 g/mol. The molecule has 0 radical (unpaired) electrons. The molecule has 0 aliphatic rings. The topological polar surface area (TPSA) is 63.2 Å². The molecule has 5 nitrogen and oxygen atoms in total. The average molecular weight is 263 g/mol. The number of anilines is 1. The number of nitrogens with zero attached hydrogens (tertiary/aromatic N) is 1. The van der Waals surface area contributed by atoms with Gasteiger partial charge in [-0.25, -0.2) is 9.78 Å². The minimum absolute atomic E-state index is 0.288. The number of aromatic nitrogens is 1. The van der Waals surface area contributed by atoms with E-state index in [2.05, 4.69) is 15.6 Å². The summed E-state index contributed by atoms with van der Waals surface area (Å²) in [6.45, 7) is 0.507. The monoisotopic (exact) mass is 263 g/mol. The zero-order valence-corrected chi connectivity index (χ0v) is 10.7. The number of carbonyl (C=O) groups excluding carboxylic acids is 1. The Morgan fingerprint density at radius 2 is 2.39 bits per heavy atom. The van der Waals surface area contributed by atoms with E-state index < -0.39 is 0 Å². The first kappa shape index (κ1) is 12.4. The summed E-state index contributed by atoms with van der Waals surface area (Å²) in [4.78, 5) is 16.7. The summed E-state index contributed by atoms with van der Waals surface area (Å²) >= 11 is 1.60. The Labute approximate surface area is 109 Å². The van der Waals surface area contributed by atoms with Gasteiger partial charge in [-0.05, 0) is 17.5 Å². The molecule has 2 N–H and O–H groups in total. The molecule has 2 aromatic heterocycles. The van der Waals surface area contributed by atoms with Crippen molar-refractivity contribution in [1.82, 2.24) is 10.3 Å². The highest BCUT2D eigenvalue weighted by atomic mass is 32.1. The van der Waals surface area contributed by atoms with E-state index in [1.165, 1.54) is 0 Å². The first-order chi connectivity index (χ1) is 8.78. The van der Waals surface area contributed by atoms with Crippen LogP contribution in [0.2, 0.25) is 0 Å². The van der Waals surface area contributed by atoms with Crippen molar-refractivity contribution in [2.45, 2.75) is 6.54 Å². The highest BCUT2D eigenvalue weighted by Crippen LogP contribution is 2.13. The molecule has 6 heteroatoms. The van der Waals surface area contributed by atoms with Crippen LogP contribution in [-0.4, -0.2) is 18.1 Å². The molecule has 2 heterocycles. The third kappa shape index (κ3) is 3.46. The number of ether oxygens (including phenoxy) is 1. The predicted octanol–water partition coefficient (Wildman–Crippen LogP) is 2.47. The van der Waals surface area contributed by atoms with Gasteiger partial charge in [0.15, 0.2) is 0 Å². The van der Waals surface area contributed by atoms with Gasteiger partial charge in [0.05, 0.1) is 13.7 Å². The Balaban J connectivity index is 1.86. The second-order valence-corrected chi connectivity index (χ2v) is 4.50. The third-order valence-electron chi connectivity index (χ3n) is 2.21. The fourth-order valence-electron chi connectivity index (χ4n) is 1.35. The summed E-state index contributed by atoms with van der Waals surface area (Å²) in [6.07, 6.45) is 1.58. The summed E-state index contributed by atoms with van der Waals surface area (Å²) in [5, 5.41) is 7.36. The molecule has 2 aromatic rings. The fraction of sp³-hybridized carbons (Fsp3) is 0.167. The number of methoxy groups -OCH3 is 1. The van der Waals surface area contributed by atoms with Crippen molar-refractivity contribution < 1.29 is 9.53 Å². The SMILES string of the molecule is COc1ccnc(NC(=O)NCc2cccs2)c1. The van der Waals surface area contributed by atoms with Crippen molar-refractivity contribution in [3.8, 4) is 5.75 Å². The second-order valence-electron chi connectivity index (χ2n) is 3.47. The van der Waals surface area contributed by atoms with Gasteiger partial charge in [0, 0.05) is 17.1 Å². The quantitative estimate of drug-likeness (QED) is 0.890. The van der Waals surface area contributed by atoms with Crippen LogP contribution in [0.3, 0.4) is 0 Å². The number of rotatable bonds is 4. The lowest BCUT2D eigenvalue weighted by Crippen LogP contribution is -2.28. The van der Waals surface area contributed by atoms with Crippen LogP contribution in [0.4, 0.5) is 10.6 Å².